The summed E-state index contributed by atoms with van der Waals surface area (Å²) in [4.78, 5) is 16.3. The Balaban J connectivity index is 1.42. The third-order valence-corrected chi connectivity index (χ3v) is 3.64. The van der Waals surface area contributed by atoms with E-state index in [1.807, 2.05) is 48.5 Å². The number of nitrogens with zero attached hydrogens (tertiary/aromatic N) is 1. The van der Waals surface area contributed by atoms with Crippen molar-refractivity contribution in [2.75, 3.05) is 6.79 Å². The van der Waals surface area contributed by atoms with Crippen LogP contribution in [-0.4, -0.2) is 17.7 Å². The van der Waals surface area contributed by atoms with Gasteiger partial charge in [-0.2, -0.15) is 0 Å². The van der Waals surface area contributed by atoms with Crippen LogP contribution in [0.3, 0.4) is 0 Å². The van der Waals surface area contributed by atoms with E-state index in [1.165, 1.54) is 6.20 Å². The second kappa shape index (κ2) is 6.08. The van der Waals surface area contributed by atoms with Crippen molar-refractivity contribution in [3.63, 3.8) is 0 Å². The van der Waals surface area contributed by atoms with Crippen molar-refractivity contribution in [2.24, 2.45) is 0 Å². The number of rotatable bonds is 4. The lowest BCUT2D eigenvalue weighted by Crippen LogP contribution is -2.22. The van der Waals surface area contributed by atoms with Crippen LogP contribution in [0.5, 0.6) is 11.5 Å². The summed E-state index contributed by atoms with van der Waals surface area (Å²) in [7, 11) is 0. The molecule has 0 radical (unpaired) electrons. The van der Waals surface area contributed by atoms with Gasteiger partial charge in [0.1, 0.15) is 0 Å². The van der Waals surface area contributed by atoms with Gasteiger partial charge in [-0.1, -0.05) is 24.3 Å². The fourth-order valence-electron chi connectivity index (χ4n) is 2.41. The molecule has 0 unspecified atom stereocenters. The minimum absolute atomic E-state index is 0.176. The number of benzene rings is 2. The maximum Gasteiger partial charge on any atom is 0.288 e. The van der Waals surface area contributed by atoms with Crippen LogP contribution in [0.25, 0.3) is 11.5 Å². The zero-order valence-electron chi connectivity index (χ0n) is 12.7. The first kappa shape index (κ1) is 14.3. The third-order valence-electron chi connectivity index (χ3n) is 3.64. The second-order valence-electron chi connectivity index (χ2n) is 5.27. The lowest BCUT2D eigenvalue weighted by molar-refractivity contribution is 0.0924. The van der Waals surface area contributed by atoms with Gasteiger partial charge in [-0.05, 0) is 29.8 Å². The van der Waals surface area contributed by atoms with E-state index in [4.69, 9.17) is 13.9 Å². The number of nitrogens with one attached hydrogen (secondary N) is 1. The molecular weight excluding hydrogens is 308 g/mol. The molecule has 0 saturated heterocycles. The Hall–Kier alpha value is -3.28. The number of carbonyl (C=O) groups excluding carboxylic acids is 1. The summed E-state index contributed by atoms with van der Waals surface area (Å²) >= 11 is 0. The smallest absolute Gasteiger partial charge is 0.288 e. The van der Waals surface area contributed by atoms with Crippen molar-refractivity contribution in [1.82, 2.24) is 10.3 Å². The fourth-order valence-corrected chi connectivity index (χ4v) is 2.41. The van der Waals surface area contributed by atoms with E-state index in [1.54, 1.807) is 0 Å². The van der Waals surface area contributed by atoms with Gasteiger partial charge in [-0.3, -0.25) is 4.79 Å². The Morgan fingerprint density at radius 1 is 1.08 bits per heavy atom. The molecule has 2 aromatic carbocycles. The van der Waals surface area contributed by atoms with Crippen LogP contribution in [0.4, 0.5) is 0 Å². The molecule has 6 nitrogen and oxygen atoms in total. The third kappa shape index (κ3) is 2.81. The Labute approximate surface area is 138 Å². The average molecular weight is 322 g/mol. The van der Waals surface area contributed by atoms with Crippen LogP contribution in [0.2, 0.25) is 0 Å². The average Bonchev–Trinajstić information content (AvgIpc) is 3.29. The van der Waals surface area contributed by atoms with E-state index in [0.717, 1.165) is 11.1 Å². The van der Waals surface area contributed by atoms with Gasteiger partial charge in [0.25, 0.3) is 5.91 Å². The topological polar surface area (TPSA) is 73.6 Å². The van der Waals surface area contributed by atoms with Crippen LogP contribution in [0.1, 0.15) is 16.1 Å². The molecular formula is C18H14N2O4. The Morgan fingerprint density at radius 2 is 1.92 bits per heavy atom. The van der Waals surface area contributed by atoms with Gasteiger partial charge in [0.05, 0.1) is 6.20 Å². The van der Waals surface area contributed by atoms with Crippen LogP contribution in [-0.2, 0) is 6.54 Å². The summed E-state index contributed by atoms with van der Waals surface area (Å²) in [6.45, 7) is 0.586. The molecule has 0 bridgehead atoms. The van der Waals surface area contributed by atoms with E-state index in [-0.39, 0.29) is 18.5 Å². The summed E-state index contributed by atoms with van der Waals surface area (Å²) in [5.41, 5.74) is 1.74. The Morgan fingerprint density at radius 3 is 2.79 bits per heavy atom. The number of ether oxygens (including phenoxy) is 2. The van der Waals surface area contributed by atoms with E-state index >= 15 is 0 Å². The molecule has 6 heteroatoms. The fraction of sp³-hybridized carbons (Fsp3) is 0.111. The molecule has 0 saturated carbocycles. The van der Waals surface area contributed by atoms with Crippen LogP contribution in [0.15, 0.2) is 59.1 Å². The minimum atomic E-state index is -0.317. The molecule has 3 aromatic rings. The van der Waals surface area contributed by atoms with Gasteiger partial charge in [-0.25, -0.2) is 4.98 Å². The molecule has 1 aromatic heterocycles. The molecule has 1 amide bonds. The number of oxazole rings is 1. The number of hydrogen-bond acceptors (Lipinski definition) is 5. The number of fused-ring (bicyclic) bond motifs is 1. The van der Waals surface area contributed by atoms with E-state index in [0.29, 0.717) is 23.9 Å². The Bertz CT molecular complexity index is 874. The number of amides is 1. The van der Waals surface area contributed by atoms with Gasteiger partial charge in [0.2, 0.25) is 18.4 Å². The minimum Gasteiger partial charge on any atom is -0.454 e. The van der Waals surface area contributed by atoms with Gasteiger partial charge < -0.3 is 19.2 Å². The predicted octanol–water partition coefficient (Wildman–Crippen LogP) is 3.00. The van der Waals surface area contributed by atoms with Crippen molar-refractivity contribution < 1.29 is 18.7 Å². The standard InChI is InChI=1S/C18H14N2O4/c21-17(16-10-20-18(24-16)13-4-2-1-3-5-13)19-9-12-6-7-14-15(8-12)23-11-22-14/h1-8,10H,9,11H2,(H,19,21). The normalized spacial score (nSPS) is 12.2. The molecule has 0 atom stereocenters. The van der Waals surface area contributed by atoms with Crippen molar-refractivity contribution in [1.29, 1.82) is 0 Å². The second-order valence-corrected chi connectivity index (χ2v) is 5.27. The summed E-state index contributed by atoms with van der Waals surface area (Å²) < 4.78 is 16.1. The van der Waals surface area contributed by atoms with E-state index < -0.39 is 0 Å². The van der Waals surface area contributed by atoms with Crippen LogP contribution < -0.4 is 14.8 Å². The van der Waals surface area contributed by atoms with Gasteiger partial charge in [0, 0.05) is 12.1 Å². The van der Waals surface area contributed by atoms with Crippen LogP contribution >= 0.6 is 0 Å². The number of hydrogen-bond donors (Lipinski definition) is 1. The highest BCUT2D eigenvalue weighted by atomic mass is 16.7. The first-order valence-corrected chi connectivity index (χ1v) is 7.47. The summed E-state index contributed by atoms with van der Waals surface area (Å²) in [6.07, 6.45) is 1.43. The number of aromatic nitrogens is 1. The first-order valence-electron chi connectivity index (χ1n) is 7.47. The van der Waals surface area contributed by atoms with E-state index in [2.05, 4.69) is 10.3 Å². The molecule has 2 heterocycles. The predicted molar refractivity (Wildman–Crippen MR) is 85.7 cm³/mol. The zero-order chi connectivity index (χ0) is 16.4. The van der Waals surface area contributed by atoms with E-state index in [9.17, 15) is 4.79 Å². The van der Waals surface area contributed by atoms with Gasteiger partial charge in [0.15, 0.2) is 11.5 Å². The zero-order valence-corrected chi connectivity index (χ0v) is 12.7. The molecule has 1 aliphatic heterocycles. The molecule has 120 valence electrons. The highest BCUT2D eigenvalue weighted by Crippen LogP contribution is 2.32. The van der Waals surface area contributed by atoms with Gasteiger partial charge >= 0.3 is 0 Å². The van der Waals surface area contributed by atoms with Gasteiger partial charge in [-0.15, -0.1) is 0 Å². The maximum absolute atomic E-state index is 12.2. The molecule has 4 rings (SSSR count). The van der Waals surface area contributed by atoms with Crippen molar-refractivity contribution in [3.05, 3.63) is 66.1 Å². The molecule has 0 fully saturated rings. The highest BCUT2D eigenvalue weighted by molar-refractivity contribution is 5.91. The molecule has 1 N–H and O–H groups in total. The molecule has 1 aliphatic rings. The summed E-state index contributed by atoms with van der Waals surface area (Å²) in [6, 6.07) is 15.0. The summed E-state index contributed by atoms with van der Waals surface area (Å²) in [5, 5.41) is 2.80. The lowest BCUT2D eigenvalue weighted by Gasteiger charge is -2.04. The van der Waals surface area contributed by atoms with Crippen molar-refractivity contribution in [3.8, 4) is 23.0 Å². The summed E-state index contributed by atoms with van der Waals surface area (Å²) in [5.74, 6) is 1.68. The molecule has 0 aliphatic carbocycles. The van der Waals surface area contributed by atoms with Crippen molar-refractivity contribution in [2.45, 2.75) is 6.54 Å². The SMILES string of the molecule is O=C(NCc1ccc2c(c1)OCO2)c1cnc(-c2ccccc2)o1. The maximum atomic E-state index is 12.2. The highest BCUT2D eigenvalue weighted by Gasteiger charge is 2.15. The molecule has 0 spiro atoms. The Kier molecular flexibility index (Phi) is 3.63. The number of carbonyl (C=O) groups is 1. The van der Waals surface area contributed by atoms with Crippen molar-refractivity contribution >= 4 is 5.91 Å². The molecule has 24 heavy (non-hydrogen) atoms. The first-order chi connectivity index (χ1) is 11.8. The monoisotopic (exact) mass is 322 g/mol. The lowest BCUT2D eigenvalue weighted by atomic mass is 10.2. The quantitative estimate of drug-likeness (QED) is 0.799. The van der Waals surface area contributed by atoms with Crippen LogP contribution in [0, 0.1) is 0 Å². The largest absolute Gasteiger partial charge is 0.454 e.